The zero-order valence-corrected chi connectivity index (χ0v) is 8.25. The van der Waals surface area contributed by atoms with E-state index < -0.39 is 5.41 Å². The first-order valence-electron chi connectivity index (χ1n) is 4.85. The molecule has 2 heteroatoms. The minimum atomic E-state index is -0.393. The molecule has 2 rings (SSSR count). The molecule has 0 amide bonds. The Balaban J connectivity index is 2.34. The molecule has 1 aliphatic rings. The summed E-state index contributed by atoms with van der Waals surface area (Å²) in [6.07, 6.45) is 2.87. The van der Waals surface area contributed by atoms with Crippen LogP contribution in [0.15, 0.2) is 24.3 Å². The fourth-order valence-corrected chi connectivity index (χ4v) is 2.00. The first-order chi connectivity index (χ1) is 6.79. The predicted octanol–water partition coefficient (Wildman–Crippen LogP) is 2.08. The molecule has 73 valence electrons. The minimum Gasteiger partial charge on any atom is -0.468 e. The summed E-state index contributed by atoms with van der Waals surface area (Å²) < 4.78 is 4.85. The molecule has 14 heavy (non-hydrogen) atoms. The van der Waals surface area contributed by atoms with Crippen LogP contribution in [0.3, 0.4) is 0 Å². The van der Waals surface area contributed by atoms with E-state index >= 15 is 0 Å². The van der Waals surface area contributed by atoms with Crippen molar-refractivity contribution in [2.75, 3.05) is 7.11 Å². The molecule has 0 aromatic heterocycles. The van der Waals surface area contributed by atoms with Gasteiger partial charge in [0.1, 0.15) is 0 Å². The zero-order chi connectivity index (χ0) is 10.0. The van der Waals surface area contributed by atoms with E-state index in [4.69, 9.17) is 4.74 Å². The lowest BCUT2D eigenvalue weighted by Gasteiger charge is -2.39. The van der Waals surface area contributed by atoms with E-state index in [9.17, 15) is 4.79 Å². The van der Waals surface area contributed by atoms with Crippen molar-refractivity contribution in [2.24, 2.45) is 0 Å². The third-order valence-electron chi connectivity index (χ3n) is 3.01. The predicted molar refractivity (Wildman–Crippen MR) is 52.8 cm³/mol. The van der Waals surface area contributed by atoms with Crippen molar-refractivity contribution >= 4 is 5.97 Å². The molecule has 1 fully saturated rings. The quantitative estimate of drug-likeness (QED) is 0.666. The molecule has 1 aromatic rings. The van der Waals surface area contributed by atoms with Crippen molar-refractivity contribution in [1.29, 1.82) is 0 Å². The van der Waals surface area contributed by atoms with Gasteiger partial charge in [-0.05, 0) is 24.5 Å². The van der Waals surface area contributed by atoms with E-state index in [1.54, 1.807) is 0 Å². The first kappa shape index (κ1) is 9.25. The van der Waals surface area contributed by atoms with Crippen LogP contribution < -0.4 is 0 Å². The van der Waals surface area contributed by atoms with E-state index in [1.807, 2.05) is 24.3 Å². The molecular formula is C12H13O2. The van der Waals surface area contributed by atoms with E-state index in [0.717, 1.165) is 24.8 Å². The Morgan fingerprint density at radius 1 is 1.50 bits per heavy atom. The smallest absolute Gasteiger partial charge is 0.316 e. The number of carbonyl (C=O) groups is 1. The van der Waals surface area contributed by atoms with Gasteiger partial charge in [0.25, 0.3) is 0 Å². The van der Waals surface area contributed by atoms with Crippen LogP contribution in [0.2, 0.25) is 0 Å². The van der Waals surface area contributed by atoms with Crippen molar-refractivity contribution in [3.05, 3.63) is 35.9 Å². The monoisotopic (exact) mass is 189 g/mol. The number of esters is 1. The highest BCUT2D eigenvalue weighted by atomic mass is 16.5. The summed E-state index contributed by atoms with van der Waals surface area (Å²) in [6.45, 7) is 0. The van der Waals surface area contributed by atoms with Crippen LogP contribution in [0.25, 0.3) is 0 Å². The van der Waals surface area contributed by atoms with Crippen LogP contribution in [0, 0.1) is 6.07 Å². The number of hydrogen-bond acceptors (Lipinski definition) is 2. The molecule has 0 saturated heterocycles. The van der Waals surface area contributed by atoms with Crippen LogP contribution in [-0.4, -0.2) is 13.1 Å². The number of methoxy groups -OCH3 is 1. The number of benzene rings is 1. The van der Waals surface area contributed by atoms with E-state index in [0.29, 0.717) is 0 Å². The van der Waals surface area contributed by atoms with Crippen molar-refractivity contribution in [2.45, 2.75) is 24.7 Å². The van der Waals surface area contributed by atoms with Gasteiger partial charge >= 0.3 is 5.97 Å². The zero-order valence-electron chi connectivity index (χ0n) is 8.25. The lowest BCUT2D eigenvalue weighted by atomic mass is 9.64. The minimum absolute atomic E-state index is 0.119. The van der Waals surface area contributed by atoms with Gasteiger partial charge in [0, 0.05) is 0 Å². The average molecular weight is 189 g/mol. The molecule has 0 aliphatic heterocycles. The highest BCUT2D eigenvalue weighted by molar-refractivity contribution is 5.84. The molecule has 0 heterocycles. The Labute approximate surface area is 83.9 Å². The second-order valence-electron chi connectivity index (χ2n) is 3.70. The molecule has 1 saturated carbocycles. The summed E-state index contributed by atoms with van der Waals surface area (Å²) in [5.74, 6) is -0.119. The number of carbonyl (C=O) groups excluding carboxylic acids is 1. The van der Waals surface area contributed by atoms with Crippen LogP contribution in [-0.2, 0) is 14.9 Å². The Morgan fingerprint density at radius 3 is 2.71 bits per heavy atom. The molecule has 1 aliphatic carbocycles. The molecule has 1 aromatic carbocycles. The Kier molecular flexibility index (Phi) is 2.28. The number of rotatable bonds is 2. The van der Waals surface area contributed by atoms with Crippen LogP contribution in [0.1, 0.15) is 24.8 Å². The average Bonchev–Trinajstić information content (AvgIpc) is 2.17. The van der Waals surface area contributed by atoms with Gasteiger partial charge in [-0.1, -0.05) is 30.7 Å². The third-order valence-corrected chi connectivity index (χ3v) is 3.01. The normalized spacial score (nSPS) is 18.4. The molecule has 0 bridgehead atoms. The molecular weight excluding hydrogens is 176 g/mol. The van der Waals surface area contributed by atoms with Crippen LogP contribution >= 0.6 is 0 Å². The maximum atomic E-state index is 11.7. The fraction of sp³-hybridized carbons (Fsp3) is 0.417. The molecule has 1 radical (unpaired) electrons. The maximum Gasteiger partial charge on any atom is 0.316 e. The summed E-state index contributed by atoms with van der Waals surface area (Å²) >= 11 is 0. The summed E-state index contributed by atoms with van der Waals surface area (Å²) in [5.41, 5.74) is 0.578. The third kappa shape index (κ3) is 1.22. The van der Waals surface area contributed by atoms with Gasteiger partial charge in [-0.15, -0.1) is 0 Å². The van der Waals surface area contributed by atoms with Gasteiger partial charge in [-0.25, -0.2) is 0 Å². The van der Waals surface area contributed by atoms with Crippen LogP contribution in [0.4, 0.5) is 0 Å². The van der Waals surface area contributed by atoms with Crippen LogP contribution in [0.5, 0.6) is 0 Å². The SMILES string of the molecule is COC(=O)C1(c2[c]cccc2)CCC1. The summed E-state index contributed by atoms with van der Waals surface area (Å²) in [7, 11) is 1.45. The van der Waals surface area contributed by atoms with Gasteiger partial charge in [-0.3, -0.25) is 4.79 Å². The lowest BCUT2D eigenvalue weighted by molar-refractivity contribution is -0.151. The number of hydrogen-bond donors (Lipinski definition) is 0. The van der Waals surface area contributed by atoms with Crippen molar-refractivity contribution in [1.82, 2.24) is 0 Å². The van der Waals surface area contributed by atoms with Gasteiger partial charge in [-0.2, -0.15) is 0 Å². The largest absolute Gasteiger partial charge is 0.468 e. The molecule has 0 unspecified atom stereocenters. The van der Waals surface area contributed by atoms with Crippen molar-refractivity contribution < 1.29 is 9.53 Å². The fourth-order valence-electron chi connectivity index (χ4n) is 2.00. The number of ether oxygens (including phenoxy) is 1. The van der Waals surface area contributed by atoms with Gasteiger partial charge < -0.3 is 4.74 Å². The van der Waals surface area contributed by atoms with Gasteiger partial charge in [0.05, 0.1) is 12.5 Å². The molecule has 2 nitrogen and oxygen atoms in total. The maximum absolute atomic E-state index is 11.7. The highest BCUT2D eigenvalue weighted by Crippen LogP contribution is 2.44. The first-order valence-corrected chi connectivity index (χ1v) is 4.85. The molecule has 0 atom stereocenters. The highest BCUT2D eigenvalue weighted by Gasteiger charge is 2.46. The summed E-state index contributed by atoms with van der Waals surface area (Å²) in [6, 6.07) is 10.8. The summed E-state index contributed by atoms with van der Waals surface area (Å²) in [5, 5.41) is 0. The van der Waals surface area contributed by atoms with Crippen molar-refractivity contribution in [3.63, 3.8) is 0 Å². The topological polar surface area (TPSA) is 26.3 Å². The van der Waals surface area contributed by atoms with Gasteiger partial charge in [0.15, 0.2) is 0 Å². The second kappa shape index (κ2) is 3.45. The van der Waals surface area contributed by atoms with Gasteiger partial charge in [0.2, 0.25) is 0 Å². The Hall–Kier alpha value is -1.31. The van der Waals surface area contributed by atoms with E-state index in [2.05, 4.69) is 6.07 Å². The second-order valence-corrected chi connectivity index (χ2v) is 3.70. The Bertz CT molecular complexity index is 325. The molecule has 0 spiro atoms. The van der Waals surface area contributed by atoms with E-state index in [-0.39, 0.29) is 5.97 Å². The van der Waals surface area contributed by atoms with E-state index in [1.165, 1.54) is 7.11 Å². The molecule has 0 N–H and O–H groups in total. The lowest BCUT2D eigenvalue weighted by Crippen LogP contribution is -2.43. The standard InChI is InChI=1S/C12H13O2/c1-14-11(13)12(8-5-9-12)10-6-3-2-4-7-10/h2-4,6H,5,8-9H2,1H3. The Morgan fingerprint density at radius 2 is 2.29 bits per heavy atom. The van der Waals surface area contributed by atoms with Crippen molar-refractivity contribution in [3.8, 4) is 0 Å². The summed E-state index contributed by atoms with van der Waals surface area (Å²) in [4.78, 5) is 11.7.